The monoisotopic (exact) mass is 244 g/mol. The smallest absolute Gasteiger partial charge is 0.311 e. The fraction of sp³-hybridized carbons (Fsp3) is 0.846. The normalized spacial score (nSPS) is 11.1. The quantitative estimate of drug-likeness (QED) is 0.486. The van der Waals surface area contributed by atoms with E-state index in [1.54, 1.807) is 13.8 Å². The van der Waals surface area contributed by atoms with E-state index in [2.05, 4.69) is 11.7 Å². The molecule has 0 aromatic rings. The molecule has 0 saturated heterocycles. The second-order valence-corrected chi connectivity index (χ2v) is 4.80. The first-order valence-electron chi connectivity index (χ1n) is 6.18. The van der Waals surface area contributed by atoms with Gasteiger partial charge in [-0.3, -0.25) is 9.59 Å². The summed E-state index contributed by atoms with van der Waals surface area (Å²) in [6, 6.07) is 0. The van der Waals surface area contributed by atoms with Crippen LogP contribution in [0.25, 0.3) is 0 Å². The van der Waals surface area contributed by atoms with E-state index in [1.165, 1.54) is 7.11 Å². The number of methoxy groups -OCH3 is 1. The summed E-state index contributed by atoms with van der Waals surface area (Å²) >= 11 is 0. The van der Waals surface area contributed by atoms with Crippen LogP contribution in [0.1, 0.15) is 52.9 Å². The van der Waals surface area contributed by atoms with Crippen LogP contribution in [0.15, 0.2) is 0 Å². The Hall–Kier alpha value is -1.06. The SMILES string of the molecule is CCCCCC(=O)OCCC(C)(C)C(=O)OC. The summed E-state index contributed by atoms with van der Waals surface area (Å²) in [7, 11) is 1.36. The van der Waals surface area contributed by atoms with E-state index in [0.29, 0.717) is 12.8 Å². The van der Waals surface area contributed by atoms with Crippen molar-refractivity contribution in [2.75, 3.05) is 13.7 Å². The molecule has 0 fully saturated rings. The van der Waals surface area contributed by atoms with E-state index in [1.807, 2.05) is 0 Å². The van der Waals surface area contributed by atoms with E-state index in [9.17, 15) is 9.59 Å². The van der Waals surface area contributed by atoms with Crippen molar-refractivity contribution in [3.05, 3.63) is 0 Å². The number of hydrogen-bond acceptors (Lipinski definition) is 4. The van der Waals surface area contributed by atoms with Crippen molar-refractivity contribution in [2.24, 2.45) is 5.41 Å². The zero-order valence-electron chi connectivity index (χ0n) is 11.4. The van der Waals surface area contributed by atoms with Gasteiger partial charge in [-0.1, -0.05) is 19.8 Å². The molecule has 0 N–H and O–H groups in total. The number of carbonyl (C=O) groups is 2. The van der Waals surface area contributed by atoms with Crippen LogP contribution in [0.2, 0.25) is 0 Å². The summed E-state index contributed by atoms with van der Waals surface area (Å²) in [6.07, 6.45) is 3.95. The highest BCUT2D eigenvalue weighted by Gasteiger charge is 2.28. The summed E-state index contributed by atoms with van der Waals surface area (Å²) in [5, 5.41) is 0. The first-order valence-corrected chi connectivity index (χ1v) is 6.18. The molecule has 0 rings (SSSR count). The highest BCUT2D eigenvalue weighted by atomic mass is 16.5. The minimum absolute atomic E-state index is 0.181. The van der Waals surface area contributed by atoms with Crippen LogP contribution in [0.3, 0.4) is 0 Å². The predicted octanol–water partition coefficient (Wildman–Crippen LogP) is 2.70. The van der Waals surface area contributed by atoms with Crippen LogP contribution in [-0.2, 0) is 19.1 Å². The van der Waals surface area contributed by atoms with Crippen molar-refractivity contribution in [3.63, 3.8) is 0 Å². The summed E-state index contributed by atoms with van der Waals surface area (Å²) in [5.74, 6) is -0.460. The molecule has 0 radical (unpaired) electrons. The number of ether oxygens (including phenoxy) is 2. The largest absolute Gasteiger partial charge is 0.469 e. The molecule has 0 atom stereocenters. The number of esters is 2. The van der Waals surface area contributed by atoms with Gasteiger partial charge < -0.3 is 9.47 Å². The van der Waals surface area contributed by atoms with Crippen molar-refractivity contribution < 1.29 is 19.1 Å². The molecule has 0 aliphatic carbocycles. The Kier molecular flexibility index (Phi) is 7.59. The third-order valence-corrected chi connectivity index (χ3v) is 2.71. The van der Waals surface area contributed by atoms with E-state index in [4.69, 9.17) is 4.74 Å². The van der Waals surface area contributed by atoms with Crippen LogP contribution in [0, 0.1) is 5.41 Å². The standard InChI is InChI=1S/C13H24O4/c1-5-6-7-8-11(14)17-10-9-13(2,3)12(15)16-4/h5-10H2,1-4H3. The van der Waals surface area contributed by atoms with Gasteiger partial charge in [0.25, 0.3) is 0 Å². The maximum absolute atomic E-state index is 11.4. The van der Waals surface area contributed by atoms with Crippen LogP contribution in [-0.4, -0.2) is 25.7 Å². The number of unbranched alkanes of at least 4 members (excludes halogenated alkanes) is 2. The van der Waals surface area contributed by atoms with Gasteiger partial charge in [-0.25, -0.2) is 0 Å². The minimum Gasteiger partial charge on any atom is -0.469 e. The summed E-state index contributed by atoms with van der Waals surface area (Å²) in [6.45, 7) is 5.92. The van der Waals surface area contributed by atoms with Gasteiger partial charge in [-0.05, 0) is 26.7 Å². The number of hydrogen-bond donors (Lipinski definition) is 0. The molecule has 0 heterocycles. The Morgan fingerprint density at radius 1 is 1.18 bits per heavy atom. The Bertz CT molecular complexity index is 246. The van der Waals surface area contributed by atoms with Gasteiger partial charge in [0, 0.05) is 6.42 Å². The highest BCUT2D eigenvalue weighted by molar-refractivity contribution is 5.75. The molecular formula is C13H24O4. The fourth-order valence-electron chi connectivity index (χ4n) is 1.39. The zero-order valence-corrected chi connectivity index (χ0v) is 11.4. The van der Waals surface area contributed by atoms with Crippen LogP contribution >= 0.6 is 0 Å². The lowest BCUT2D eigenvalue weighted by atomic mass is 9.90. The maximum atomic E-state index is 11.4. The summed E-state index contributed by atoms with van der Waals surface area (Å²) in [4.78, 5) is 22.7. The highest BCUT2D eigenvalue weighted by Crippen LogP contribution is 2.21. The molecule has 0 aromatic heterocycles. The first kappa shape index (κ1) is 15.9. The summed E-state index contributed by atoms with van der Waals surface area (Å²) in [5.41, 5.74) is -0.599. The lowest BCUT2D eigenvalue weighted by Gasteiger charge is -2.20. The van der Waals surface area contributed by atoms with E-state index < -0.39 is 5.41 Å². The van der Waals surface area contributed by atoms with Gasteiger partial charge >= 0.3 is 11.9 Å². The Labute approximate surface area is 104 Å². The molecule has 4 heteroatoms. The number of rotatable bonds is 8. The molecule has 4 nitrogen and oxygen atoms in total. The lowest BCUT2D eigenvalue weighted by Crippen LogP contribution is -2.27. The van der Waals surface area contributed by atoms with Crippen molar-refractivity contribution >= 4 is 11.9 Å². The first-order chi connectivity index (χ1) is 7.94. The second kappa shape index (κ2) is 8.09. The van der Waals surface area contributed by atoms with E-state index in [0.717, 1.165) is 19.3 Å². The lowest BCUT2D eigenvalue weighted by molar-refractivity contribution is -0.154. The average molecular weight is 244 g/mol. The van der Waals surface area contributed by atoms with Gasteiger partial charge in [-0.2, -0.15) is 0 Å². The Morgan fingerprint density at radius 3 is 2.35 bits per heavy atom. The zero-order chi connectivity index (χ0) is 13.3. The van der Waals surface area contributed by atoms with E-state index >= 15 is 0 Å². The molecule has 0 unspecified atom stereocenters. The van der Waals surface area contributed by atoms with Crippen molar-refractivity contribution in [1.82, 2.24) is 0 Å². The van der Waals surface area contributed by atoms with Crippen molar-refractivity contribution in [2.45, 2.75) is 52.9 Å². The molecule has 0 bridgehead atoms. The van der Waals surface area contributed by atoms with Crippen molar-refractivity contribution in [3.8, 4) is 0 Å². The van der Waals surface area contributed by atoms with Gasteiger partial charge in [0.2, 0.25) is 0 Å². The molecule has 0 aliphatic rings. The predicted molar refractivity (Wildman–Crippen MR) is 65.5 cm³/mol. The molecule has 0 amide bonds. The fourth-order valence-corrected chi connectivity index (χ4v) is 1.39. The molecule has 0 aliphatic heterocycles. The third-order valence-electron chi connectivity index (χ3n) is 2.71. The second-order valence-electron chi connectivity index (χ2n) is 4.80. The maximum Gasteiger partial charge on any atom is 0.311 e. The molecule has 0 spiro atoms. The number of carbonyl (C=O) groups excluding carboxylic acids is 2. The van der Waals surface area contributed by atoms with Crippen LogP contribution < -0.4 is 0 Å². The molecule has 0 saturated carbocycles. The summed E-state index contributed by atoms with van der Waals surface area (Å²) < 4.78 is 9.74. The van der Waals surface area contributed by atoms with Gasteiger partial charge in [-0.15, -0.1) is 0 Å². The molecule has 100 valence electrons. The Morgan fingerprint density at radius 2 is 1.82 bits per heavy atom. The van der Waals surface area contributed by atoms with Crippen LogP contribution in [0.5, 0.6) is 0 Å². The Balaban J connectivity index is 3.75. The average Bonchev–Trinajstić information content (AvgIpc) is 2.28. The molecular weight excluding hydrogens is 220 g/mol. The van der Waals surface area contributed by atoms with Gasteiger partial charge in [0.1, 0.15) is 0 Å². The van der Waals surface area contributed by atoms with E-state index in [-0.39, 0.29) is 18.5 Å². The van der Waals surface area contributed by atoms with Gasteiger partial charge in [0.05, 0.1) is 19.1 Å². The third kappa shape index (κ3) is 6.97. The molecule has 0 aromatic carbocycles. The molecule has 17 heavy (non-hydrogen) atoms. The topological polar surface area (TPSA) is 52.6 Å². The minimum atomic E-state index is -0.599. The van der Waals surface area contributed by atoms with Crippen molar-refractivity contribution in [1.29, 1.82) is 0 Å². The van der Waals surface area contributed by atoms with Gasteiger partial charge in [0.15, 0.2) is 0 Å². The van der Waals surface area contributed by atoms with Crippen LogP contribution in [0.4, 0.5) is 0 Å².